The Bertz CT molecular complexity index is 983. The van der Waals surface area contributed by atoms with Crippen LogP contribution in [0.2, 0.25) is 0 Å². The number of hydrogen-bond acceptors (Lipinski definition) is 7. The van der Waals surface area contributed by atoms with Crippen LogP contribution in [0.1, 0.15) is 28.0 Å². The second-order valence-electron chi connectivity index (χ2n) is 6.93. The first-order valence-electron chi connectivity index (χ1n) is 8.83. The maximum atomic E-state index is 14.6. The molecule has 4 rings (SSSR count). The topological polar surface area (TPSA) is 99.7 Å². The SMILES string of the molecule is COc1cnc(C(=O)Cc2ccc(F)c([C@@]3(C(F)F)N=C(N)O[C@@H]4C[C@@H]43)c2)cn1. The number of nitrogens with two attached hydrogens (primary N) is 1. The van der Waals surface area contributed by atoms with Gasteiger partial charge >= 0.3 is 0 Å². The number of ether oxygens (including phenoxy) is 2. The fourth-order valence-electron chi connectivity index (χ4n) is 3.63. The van der Waals surface area contributed by atoms with Gasteiger partial charge in [-0.1, -0.05) is 6.07 Å². The van der Waals surface area contributed by atoms with Crippen molar-refractivity contribution in [3.05, 3.63) is 53.2 Å². The van der Waals surface area contributed by atoms with E-state index >= 15 is 0 Å². The van der Waals surface area contributed by atoms with Crippen LogP contribution in [0.5, 0.6) is 5.88 Å². The Hall–Kier alpha value is -3.17. The largest absolute Gasteiger partial charge is 0.480 e. The maximum Gasteiger partial charge on any atom is 0.283 e. The van der Waals surface area contributed by atoms with Gasteiger partial charge in [-0.05, 0) is 24.1 Å². The Morgan fingerprint density at radius 2 is 2.17 bits per heavy atom. The third-order valence-electron chi connectivity index (χ3n) is 5.15. The molecule has 0 radical (unpaired) electrons. The predicted octanol–water partition coefficient (Wildman–Crippen LogP) is 2.24. The molecule has 2 N–H and O–H groups in total. The van der Waals surface area contributed by atoms with E-state index in [0.29, 0.717) is 12.0 Å². The van der Waals surface area contributed by atoms with E-state index in [2.05, 4.69) is 15.0 Å². The number of benzene rings is 1. The van der Waals surface area contributed by atoms with Crippen molar-refractivity contribution in [1.82, 2.24) is 9.97 Å². The minimum absolute atomic E-state index is 0.0795. The van der Waals surface area contributed by atoms with Crippen molar-refractivity contribution < 1.29 is 27.4 Å². The van der Waals surface area contributed by atoms with Crippen molar-refractivity contribution >= 4 is 11.8 Å². The van der Waals surface area contributed by atoms with Gasteiger partial charge in [-0.2, -0.15) is 0 Å². The molecule has 1 fully saturated rings. The van der Waals surface area contributed by atoms with Gasteiger partial charge in [0.2, 0.25) is 5.88 Å². The molecular formula is C19H17F3N4O3. The molecule has 0 unspecified atom stereocenters. The van der Waals surface area contributed by atoms with Crippen molar-refractivity contribution in [2.75, 3.05) is 7.11 Å². The molecule has 2 heterocycles. The van der Waals surface area contributed by atoms with E-state index in [1.807, 2.05) is 0 Å². The molecule has 1 aliphatic carbocycles. The Labute approximate surface area is 163 Å². The van der Waals surface area contributed by atoms with E-state index in [-0.39, 0.29) is 23.6 Å². The second-order valence-corrected chi connectivity index (χ2v) is 6.93. The molecule has 2 aromatic rings. The molecule has 2 aliphatic rings. The maximum absolute atomic E-state index is 14.6. The summed E-state index contributed by atoms with van der Waals surface area (Å²) >= 11 is 0. The number of Topliss-reactive ketones (excluding diaryl/α,β-unsaturated/α-hetero) is 1. The predicted molar refractivity (Wildman–Crippen MR) is 95.3 cm³/mol. The normalized spacial score (nSPS) is 25.1. The Balaban J connectivity index is 1.67. The fourth-order valence-corrected chi connectivity index (χ4v) is 3.63. The summed E-state index contributed by atoms with van der Waals surface area (Å²) in [6.07, 6.45) is -0.823. The molecule has 1 aromatic heterocycles. The van der Waals surface area contributed by atoms with Crippen LogP contribution < -0.4 is 10.5 Å². The van der Waals surface area contributed by atoms with Crippen LogP contribution in [0, 0.1) is 11.7 Å². The second kappa shape index (κ2) is 7.02. The van der Waals surface area contributed by atoms with Gasteiger partial charge in [-0.25, -0.2) is 28.1 Å². The Kier molecular flexibility index (Phi) is 4.64. The fraction of sp³-hybridized carbons (Fsp3) is 0.368. The standard InChI is InChI=1S/C19H17F3N4O3/c1-28-16-8-24-13(7-25-16)14(27)5-9-2-3-12(20)10(4-9)19(17(21)22)11-6-15(11)29-18(23)26-19/h2-4,7-8,11,15,17H,5-6H2,1H3,(H2,23,26)/t11-,15+,19+/m0/s1. The highest BCUT2D eigenvalue weighted by Gasteiger charge is 2.64. The van der Waals surface area contributed by atoms with Gasteiger partial charge in [0.05, 0.1) is 19.5 Å². The lowest BCUT2D eigenvalue weighted by Gasteiger charge is -2.33. The number of carbonyl (C=O) groups is 1. The molecule has 10 heteroatoms. The van der Waals surface area contributed by atoms with Crippen LogP contribution in [0.25, 0.3) is 0 Å². The third-order valence-corrected chi connectivity index (χ3v) is 5.15. The number of halogens is 3. The zero-order valence-electron chi connectivity index (χ0n) is 15.3. The number of carbonyl (C=O) groups excluding carboxylic acids is 1. The molecule has 1 aromatic carbocycles. The molecule has 0 saturated heterocycles. The molecule has 0 spiro atoms. The summed E-state index contributed by atoms with van der Waals surface area (Å²) in [5.41, 5.74) is 3.57. The Morgan fingerprint density at radius 1 is 1.38 bits per heavy atom. The van der Waals surface area contributed by atoms with Gasteiger partial charge in [0.1, 0.15) is 17.6 Å². The van der Waals surface area contributed by atoms with Crippen LogP contribution >= 0.6 is 0 Å². The lowest BCUT2D eigenvalue weighted by Crippen LogP contribution is -2.43. The number of rotatable bonds is 6. The molecule has 1 saturated carbocycles. The summed E-state index contributed by atoms with van der Waals surface area (Å²) in [4.78, 5) is 24.2. The van der Waals surface area contributed by atoms with E-state index in [0.717, 1.165) is 6.07 Å². The molecule has 3 atom stereocenters. The third kappa shape index (κ3) is 3.28. The number of methoxy groups -OCH3 is 1. The van der Waals surface area contributed by atoms with Gasteiger partial charge in [0.15, 0.2) is 11.3 Å². The van der Waals surface area contributed by atoms with Gasteiger partial charge in [-0.3, -0.25) is 4.79 Å². The van der Waals surface area contributed by atoms with Crippen LogP contribution in [-0.2, 0) is 16.7 Å². The highest BCUT2D eigenvalue weighted by Crippen LogP contribution is 2.56. The molecule has 29 heavy (non-hydrogen) atoms. The Morgan fingerprint density at radius 3 is 2.83 bits per heavy atom. The molecule has 152 valence electrons. The summed E-state index contributed by atoms with van der Waals surface area (Å²) in [6, 6.07) is 3.27. The highest BCUT2D eigenvalue weighted by atomic mass is 19.3. The average Bonchev–Trinajstić information content (AvgIpc) is 3.48. The van der Waals surface area contributed by atoms with E-state index in [1.165, 1.54) is 31.6 Å². The van der Waals surface area contributed by atoms with Gasteiger partial charge < -0.3 is 15.2 Å². The van der Waals surface area contributed by atoms with E-state index in [1.54, 1.807) is 0 Å². The van der Waals surface area contributed by atoms with Crippen LogP contribution in [0.3, 0.4) is 0 Å². The lowest BCUT2D eigenvalue weighted by atomic mass is 9.83. The van der Waals surface area contributed by atoms with Crippen LogP contribution in [0.4, 0.5) is 13.2 Å². The quantitative estimate of drug-likeness (QED) is 0.739. The van der Waals surface area contributed by atoms with Crippen LogP contribution in [0.15, 0.2) is 35.6 Å². The number of ketones is 1. The van der Waals surface area contributed by atoms with Crippen molar-refractivity contribution in [3.63, 3.8) is 0 Å². The van der Waals surface area contributed by atoms with E-state index in [4.69, 9.17) is 15.2 Å². The number of alkyl halides is 2. The highest BCUT2D eigenvalue weighted by molar-refractivity contribution is 5.95. The monoisotopic (exact) mass is 406 g/mol. The summed E-state index contributed by atoms with van der Waals surface area (Å²) < 4.78 is 53.0. The number of aromatic nitrogens is 2. The van der Waals surface area contributed by atoms with Gasteiger partial charge in [0.25, 0.3) is 12.4 Å². The first kappa shape index (κ1) is 19.2. The first-order valence-corrected chi connectivity index (χ1v) is 8.83. The van der Waals surface area contributed by atoms with Gasteiger partial charge in [0, 0.05) is 17.9 Å². The number of amidine groups is 1. The molecule has 0 amide bonds. The van der Waals surface area contributed by atoms with Crippen LogP contribution in [-0.4, -0.2) is 41.4 Å². The van der Waals surface area contributed by atoms with Crippen molar-refractivity contribution in [3.8, 4) is 5.88 Å². The van der Waals surface area contributed by atoms with Crippen molar-refractivity contribution in [2.24, 2.45) is 16.6 Å². The number of hydrogen-bond donors (Lipinski definition) is 1. The van der Waals surface area contributed by atoms with Gasteiger partial charge in [-0.15, -0.1) is 0 Å². The smallest absolute Gasteiger partial charge is 0.283 e. The first-order chi connectivity index (χ1) is 13.8. The zero-order valence-corrected chi connectivity index (χ0v) is 15.3. The molecule has 7 nitrogen and oxygen atoms in total. The molecule has 0 bridgehead atoms. The molecular weight excluding hydrogens is 389 g/mol. The minimum Gasteiger partial charge on any atom is -0.480 e. The van der Waals surface area contributed by atoms with E-state index < -0.39 is 41.6 Å². The zero-order chi connectivity index (χ0) is 20.8. The minimum atomic E-state index is -2.99. The number of nitrogens with zero attached hydrogens (tertiary/aromatic N) is 3. The van der Waals surface area contributed by atoms with Crippen molar-refractivity contribution in [2.45, 2.75) is 30.9 Å². The average molecular weight is 406 g/mol. The van der Waals surface area contributed by atoms with E-state index in [9.17, 15) is 18.0 Å². The summed E-state index contributed by atoms with van der Waals surface area (Å²) in [6.45, 7) is 0. The summed E-state index contributed by atoms with van der Waals surface area (Å²) in [5.74, 6) is -1.67. The van der Waals surface area contributed by atoms with Crippen molar-refractivity contribution in [1.29, 1.82) is 0 Å². The number of fused-ring (bicyclic) bond motifs is 1. The molecule has 1 aliphatic heterocycles. The lowest BCUT2D eigenvalue weighted by molar-refractivity contribution is 0.0176. The summed E-state index contributed by atoms with van der Waals surface area (Å²) in [7, 11) is 1.42. The summed E-state index contributed by atoms with van der Waals surface area (Å²) in [5, 5.41) is 0. The number of aliphatic imine (C=N–C) groups is 1.